The molecule has 2 rings (SSSR count). The fourth-order valence-electron chi connectivity index (χ4n) is 1.80. The summed E-state index contributed by atoms with van der Waals surface area (Å²) in [5.74, 6) is -0.759. The highest BCUT2D eigenvalue weighted by molar-refractivity contribution is 5.47. The number of rotatable bonds is 7. The molecule has 0 saturated carbocycles. The standard InChI is InChI=1S/C13H18F2N6/c1-3-5-16-12-9(14)6-10(15)13(19-12)17-7-11-20-18-8-21(11)4-2/h6,8H,3-5,7H2,1-2H3,(H2,16,17,19). The van der Waals surface area contributed by atoms with E-state index >= 15 is 0 Å². The van der Waals surface area contributed by atoms with Crippen LogP contribution in [0.15, 0.2) is 12.4 Å². The molecular formula is C13H18F2N6. The highest BCUT2D eigenvalue weighted by atomic mass is 19.1. The van der Waals surface area contributed by atoms with E-state index in [9.17, 15) is 8.78 Å². The minimum atomic E-state index is -0.739. The Morgan fingerprint density at radius 3 is 2.52 bits per heavy atom. The highest BCUT2D eigenvalue weighted by Crippen LogP contribution is 2.19. The topological polar surface area (TPSA) is 67.7 Å². The van der Waals surface area contributed by atoms with Crippen molar-refractivity contribution >= 4 is 11.6 Å². The van der Waals surface area contributed by atoms with Gasteiger partial charge in [-0.25, -0.2) is 13.8 Å². The lowest BCUT2D eigenvalue weighted by Gasteiger charge is -2.11. The Kier molecular flexibility index (Phi) is 5.02. The van der Waals surface area contributed by atoms with E-state index in [4.69, 9.17) is 0 Å². The van der Waals surface area contributed by atoms with Crippen LogP contribution < -0.4 is 10.6 Å². The number of hydrogen-bond acceptors (Lipinski definition) is 5. The molecule has 2 aromatic heterocycles. The lowest BCUT2D eigenvalue weighted by atomic mass is 10.3. The quantitative estimate of drug-likeness (QED) is 0.821. The van der Waals surface area contributed by atoms with E-state index in [1.165, 1.54) is 0 Å². The third-order valence-corrected chi connectivity index (χ3v) is 2.92. The van der Waals surface area contributed by atoms with Crippen molar-refractivity contribution in [2.24, 2.45) is 0 Å². The summed E-state index contributed by atoms with van der Waals surface area (Å²) in [4.78, 5) is 3.93. The summed E-state index contributed by atoms with van der Waals surface area (Å²) in [6, 6.07) is 0.817. The van der Waals surface area contributed by atoms with Gasteiger partial charge in [-0.15, -0.1) is 10.2 Å². The second-order valence-electron chi connectivity index (χ2n) is 4.46. The molecule has 0 aromatic carbocycles. The number of pyridine rings is 1. The first-order valence-electron chi connectivity index (χ1n) is 6.86. The van der Waals surface area contributed by atoms with Gasteiger partial charge < -0.3 is 15.2 Å². The molecule has 114 valence electrons. The van der Waals surface area contributed by atoms with Crippen LogP contribution in [0.3, 0.4) is 0 Å². The summed E-state index contributed by atoms with van der Waals surface area (Å²) in [5.41, 5.74) is 0. The lowest BCUT2D eigenvalue weighted by molar-refractivity contribution is 0.577. The molecule has 0 radical (unpaired) electrons. The SMILES string of the molecule is CCCNc1nc(NCc2nncn2CC)c(F)cc1F. The van der Waals surface area contributed by atoms with Gasteiger partial charge in [0.15, 0.2) is 29.1 Å². The van der Waals surface area contributed by atoms with Crippen molar-refractivity contribution in [2.75, 3.05) is 17.2 Å². The number of hydrogen-bond donors (Lipinski definition) is 2. The second-order valence-corrected chi connectivity index (χ2v) is 4.46. The van der Waals surface area contributed by atoms with Gasteiger partial charge in [0.05, 0.1) is 6.54 Å². The maximum absolute atomic E-state index is 13.7. The van der Waals surface area contributed by atoms with Crippen LogP contribution >= 0.6 is 0 Å². The highest BCUT2D eigenvalue weighted by Gasteiger charge is 2.12. The van der Waals surface area contributed by atoms with E-state index in [-0.39, 0.29) is 18.2 Å². The van der Waals surface area contributed by atoms with Crippen LogP contribution in [0.5, 0.6) is 0 Å². The van der Waals surface area contributed by atoms with E-state index in [1.54, 1.807) is 6.33 Å². The normalized spacial score (nSPS) is 10.7. The van der Waals surface area contributed by atoms with E-state index in [2.05, 4.69) is 25.8 Å². The average molecular weight is 296 g/mol. The summed E-state index contributed by atoms with van der Waals surface area (Å²) < 4.78 is 29.1. The molecule has 0 aliphatic rings. The Hall–Kier alpha value is -2.25. The molecule has 0 unspecified atom stereocenters. The third kappa shape index (κ3) is 3.65. The number of aromatic nitrogens is 4. The summed E-state index contributed by atoms with van der Waals surface area (Å²) in [5, 5.41) is 13.4. The molecule has 0 atom stereocenters. The minimum Gasteiger partial charge on any atom is -0.368 e. The van der Waals surface area contributed by atoms with Gasteiger partial charge in [0.1, 0.15) is 6.33 Å². The Morgan fingerprint density at radius 1 is 1.14 bits per heavy atom. The zero-order chi connectivity index (χ0) is 15.2. The molecule has 0 bridgehead atoms. The van der Waals surface area contributed by atoms with Gasteiger partial charge in [-0.3, -0.25) is 0 Å². The molecule has 0 spiro atoms. The predicted octanol–water partition coefficient (Wildman–Crippen LogP) is 2.41. The molecule has 8 heteroatoms. The fourth-order valence-corrected chi connectivity index (χ4v) is 1.80. The molecule has 2 N–H and O–H groups in total. The van der Waals surface area contributed by atoms with Crippen molar-refractivity contribution in [3.63, 3.8) is 0 Å². The van der Waals surface area contributed by atoms with Crippen LogP contribution in [0.25, 0.3) is 0 Å². The van der Waals surface area contributed by atoms with Gasteiger partial charge in [0.2, 0.25) is 0 Å². The average Bonchev–Trinajstić information content (AvgIpc) is 2.93. The zero-order valence-electron chi connectivity index (χ0n) is 12.0. The molecule has 2 heterocycles. The summed E-state index contributed by atoms with van der Waals surface area (Å²) in [7, 11) is 0. The monoisotopic (exact) mass is 296 g/mol. The molecule has 0 saturated heterocycles. The van der Waals surface area contributed by atoms with Gasteiger partial charge >= 0.3 is 0 Å². The summed E-state index contributed by atoms with van der Waals surface area (Å²) in [6.45, 7) is 5.45. The number of aryl methyl sites for hydroxylation is 1. The molecule has 6 nitrogen and oxygen atoms in total. The first-order valence-corrected chi connectivity index (χ1v) is 6.86. The largest absolute Gasteiger partial charge is 0.368 e. The van der Waals surface area contributed by atoms with Gasteiger partial charge in [-0.2, -0.15) is 0 Å². The molecule has 0 fully saturated rings. The fraction of sp³-hybridized carbons (Fsp3) is 0.462. The van der Waals surface area contributed by atoms with Gasteiger partial charge in [-0.1, -0.05) is 6.92 Å². The second kappa shape index (κ2) is 6.96. The van der Waals surface area contributed by atoms with Gasteiger partial charge in [0, 0.05) is 19.2 Å². The van der Waals surface area contributed by atoms with Crippen LogP contribution in [0, 0.1) is 11.6 Å². The van der Waals surface area contributed by atoms with E-state index in [0.29, 0.717) is 18.9 Å². The number of anilines is 2. The van der Waals surface area contributed by atoms with E-state index < -0.39 is 11.6 Å². The Bertz CT molecular complexity index is 598. The van der Waals surface area contributed by atoms with Crippen molar-refractivity contribution in [3.05, 3.63) is 29.9 Å². The van der Waals surface area contributed by atoms with E-state index in [0.717, 1.165) is 12.5 Å². The van der Waals surface area contributed by atoms with Crippen molar-refractivity contribution in [1.29, 1.82) is 0 Å². The number of nitrogens with zero attached hydrogens (tertiary/aromatic N) is 4. The minimum absolute atomic E-state index is 0.0133. The maximum Gasteiger partial charge on any atom is 0.168 e. The van der Waals surface area contributed by atoms with E-state index in [1.807, 2.05) is 18.4 Å². The van der Waals surface area contributed by atoms with Crippen LogP contribution in [0.1, 0.15) is 26.1 Å². The van der Waals surface area contributed by atoms with Crippen LogP contribution in [-0.2, 0) is 13.1 Å². The number of halogens is 2. The lowest BCUT2D eigenvalue weighted by Crippen LogP contribution is -2.12. The van der Waals surface area contributed by atoms with Crippen molar-refractivity contribution in [2.45, 2.75) is 33.4 Å². The molecule has 0 aliphatic heterocycles. The molecule has 0 amide bonds. The molecule has 21 heavy (non-hydrogen) atoms. The Balaban J connectivity index is 2.12. The van der Waals surface area contributed by atoms with Crippen LogP contribution in [-0.4, -0.2) is 26.3 Å². The predicted molar refractivity (Wildman–Crippen MR) is 76.0 cm³/mol. The third-order valence-electron chi connectivity index (χ3n) is 2.92. The summed E-state index contributed by atoms with van der Waals surface area (Å²) >= 11 is 0. The van der Waals surface area contributed by atoms with Crippen molar-refractivity contribution in [3.8, 4) is 0 Å². The molecular weight excluding hydrogens is 278 g/mol. The first-order chi connectivity index (χ1) is 10.2. The van der Waals surface area contributed by atoms with Crippen molar-refractivity contribution in [1.82, 2.24) is 19.7 Å². The van der Waals surface area contributed by atoms with Gasteiger partial charge in [0.25, 0.3) is 0 Å². The maximum atomic E-state index is 13.7. The summed E-state index contributed by atoms with van der Waals surface area (Å²) in [6.07, 6.45) is 2.42. The molecule has 2 aromatic rings. The Labute approximate surface area is 121 Å². The first kappa shape index (κ1) is 15.1. The molecule has 0 aliphatic carbocycles. The van der Waals surface area contributed by atoms with Gasteiger partial charge in [-0.05, 0) is 13.3 Å². The smallest absolute Gasteiger partial charge is 0.168 e. The number of nitrogens with one attached hydrogen (secondary N) is 2. The van der Waals surface area contributed by atoms with Crippen molar-refractivity contribution < 1.29 is 8.78 Å². The zero-order valence-corrected chi connectivity index (χ0v) is 12.0. The Morgan fingerprint density at radius 2 is 1.86 bits per heavy atom. The van der Waals surface area contributed by atoms with Crippen LogP contribution in [0.4, 0.5) is 20.4 Å². The van der Waals surface area contributed by atoms with Crippen LogP contribution in [0.2, 0.25) is 0 Å².